The summed E-state index contributed by atoms with van der Waals surface area (Å²) in [6, 6.07) is 5.97. The molecule has 0 aliphatic carbocycles. The summed E-state index contributed by atoms with van der Waals surface area (Å²) in [5.41, 5.74) is 0.977. The number of benzene rings is 1. The Morgan fingerprint density at radius 2 is 1.83 bits per heavy atom. The molecule has 2 aliphatic heterocycles. The van der Waals surface area contributed by atoms with Crippen LogP contribution in [0.3, 0.4) is 0 Å². The van der Waals surface area contributed by atoms with Crippen LogP contribution in [0, 0.1) is 6.92 Å². The fraction of sp³-hybridized carbons (Fsp3) is 0.560. The number of ether oxygens (including phenoxy) is 2. The lowest BCUT2D eigenvalue weighted by Gasteiger charge is -2.35. The third-order valence-corrected chi connectivity index (χ3v) is 6.71. The van der Waals surface area contributed by atoms with Gasteiger partial charge in [0.1, 0.15) is 5.69 Å². The van der Waals surface area contributed by atoms with E-state index in [0.29, 0.717) is 42.0 Å². The van der Waals surface area contributed by atoms with Gasteiger partial charge >= 0.3 is 12.2 Å². The first-order chi connectivity index (χ1) is 16.7. The summed E-state index contributed by atoms with van der Waals surface area (Å²) in [7, 11) is 1.40. The van der Waals surface area contributed by atoms with E-state index in [9.17, 15) is 18.0 Å². The minimum Gasteiger partial charge on any atom is -0.467 e. The Bertz CT molecular complexity index is 1030. The maximum atomic E-state index is 13.4. The van der Waals surface area contributed by atoms with E-state index in [-0.39, 0.29) is 24.0 Å². The van der Waals surface area contributed by atoms with Crippen molar-refractivity contribution in [1.82, 2.24) is 20.2 Å². The maximum Gasteiger partial charge on any atom is 0.416 e. The molecule has 2 aromatic rings. The van der Waals surface area contributed by atoms with Crippen molar-refractivity contribution >= 4 is 5.91 Å². The average molecular weight is 493 g/mol. The molecule has 3 heterocycles. The van der Waals surface area contributed by atoms with E-state index in [1.165, 1.54) is 13.2 Å². The van der Waals surface area contributed by atoms with E-state index in [0.717, 1.165) is 51.0 Å². The molecule has 0 radical (unpaired) electrons. The van der Waals surface area contributed by atoms with Gasteiger partial charge in [-0.05, 0) is 44.2 Å². The largest absolute Gasteiger partial charge is 0.467 e. The zero-order chi connectivity index (χ0) is 25.0. The molecule has 0 unspecified atom stereocenters. The Morgan fingerprint density at radius 3 is 2.49 bits per heavy atom. The topological polar surface area (TPSA) is 76.6 Å². The average Bonchev–Trinajstić information content (AvgIpc) is 2.85. The van der Waals surface area contributed by atoms with Crippen LogP contribution in [0.4, 0.5) is 13.2 Å². The van der Waals surface area contributed by atoms with Gasteiger partial charge in [-0.3, -0.25) is 4.79 Å². The highest BCUT2D eigenvalue weighted by molar-refractivity contribution is 5.94. The first kappa shape index (κ1) is 25.4. The summed E-state index contributed by atoms with van der Waals surface area (Å²) in [4.78, 5) is 23.8. The second-order valence-electron chi connectivity index (χ2n) is 9.13. The van der Waals surface area contributed by atoms with Gasteiger partial charge in [0.15, 0.2) is 0 Å². The van der Waals surface area contributed by atoms with Crippen LogP contribution < -0.4 is 10.1 Å². The second kappa shape index (κ2) is 10.9. The van der Waals surface area contributed by atoms with Crippen LogP contribution in [-0.4, -0.2) is 66.3 Å². The summed E-state index contributed by atoms with van der Waals surface area (Å²) >= 11 is 0. The normalized spacial score (nSPS) is 18.0. The highest BCUT2D eigenvalue weighted by Gasteiger charge is 2.31. The van der Waals surface area contributed by atoms with Crippen molar-refractivity contribution < 1.29 is 27.4 Å². The number of piperidine rings is 1. The van der Waals surface area contributed by atoms with Crippen molar-refractivity contribution in [3.8, 4) is 6.01 Å². The number of alkyl halides is 3. The van der Waals surface area contributed by atoms with Gasteiger partial charge < -0.3 is 19.7 Å². The van der Waals surface area contributed by atoms with E-state index in [1.54, 1.807) is 17.9 Å². The molecule has 4 rings (SSSR count). The lowest BCUT2D eigenvalue weighted by molar-refractivity contribution is -0.137. The molecule has 0 saturated carbocycles. The molecule has 2 fully saturated rings. The van der Waals surface area contributed by atoms with Crippen LogP contribution in [-0.2, 0) is 17.3 Å². The first-order valence-electron chi connectivity index (χ1n) is 12.0. The van der Waals surface area contributed by atoms with Gasteiger partial charge in [0.2, 0.25) is 0 Å². The van der Waals surface area contributed by atoms with Crippen molar-refractivity contribution in [3.05, 3.63) is 52.3 Å². The lowest BCUT2D eigenvalue weighted by atomic mass is 10.00. The number of carbonyl (C=O) groups is 1. The van der Waals surface area contributed by atoms with E-state index in [2.05, 4.69) is 15.3 Å². The van der Waals surface area contributed by atoms with Crippen molar-refractivity contribution in [2.24, 2.45) is 0 Å². The third kappa shape index (κ3) is 6.29. The smallest absolute Gasteiger partial charge is 0.416 e. The first-order valence-corrected chi connectivity index (χ1v) is 12.0. The molecule has 2 saturated heterocycles. The van der Waals surface area contributed by atoms with Crippen LogP contribution in [0.15, 0.2) is 24.3 Å². The number of halogens is 3. The Hall–Kier alpha value is -2.72. The van der Waals surface area contributed by atoms with E-state index >= 15 is 0 Å². The molecule has 0 atom stereocenters. The monoisotopic (exact) mass is 492 g/mol. The number of methoxy groups -OCH3 is 1. The quantitative estimate of drug-likeness (QED) is 0.662. The number of likely N-dealkylation sites (tertiary alicyclic amines) is 1. The molecule has 0 bridgehead atoms. The molecule has 1 N–H and O–H groups in total. The number of hydrogen-bond acceptors (Lipinski definition) is 6. The van der Waals surface area contributed by atoms with Crippen molar-refractivity contribution in [2.45, 2.75) is 57.3 Å². The van der Waals surface area contributed by atoms with Gasteiger partial charge in [-0.15, -0.1) is 0 Å². The van der Waals surface area contributed by atoms with Gasteiger partial charge in [0.25, 0.3) is 5.91 Å². The van der Waals surface area contributed by atoms with E-state index in [4.69, 9.17) is 9.47 Å². The molecule has 7 nitrogen and oxygen atoms in total. The molecule has 2 aliphatic rings. The van der Waals surface area contributed by atoms with Gasteiger partial charge in [-0.1, -0.05) is 18.2 Å². The molecule has 1 aromatic heterocycles. The van der Waals surface area contributed by atoms with Crippen LogP contribution in [0.25, 0.3) is 0 Å². The molecule has 0 spiro atoms. The summed E-state index contributed by atoms with van der Waals surface area (Å²) in [5, 5.41) is 3.69. The predicted molar refractivity (Wildman–Crippen MR) is 123 cm³/mol. The zero-order valence-corrected chi connectivity index (χ0v) is 20.0. The molecule has 1 amide bonds. The summed E-state index contributed by atoms with van der Waals surface area (Å²) in [5.74, 6) is -0.210. The predicted octanol–water partition coefficient (Wildman–Crippen LogP) is 3.78. The molecule has 190 valence electrons. The van der Waals surface area contributed by atoms with E-state index < -0.39 is 11.7 Å². The number of rotatable bonds is 6. The highest BCUT2D eigenvalue weighted by Crippen LogP contribution is 2.30. The number of amides is 1. The Morgan fingerprint density at radius 1 is 1.14 bits per heavy atom. The molecule has 10 heteroatoms. The van der Waals surface area contributed by atoms with Gasteiger partial charge in [0, 0.05) is 50.4 Å². The van der Waals surface area contributed by atoms with Crippen LogP contribution in [0.5, 0.6) is 6.01 Å². The minimum atomic E-state index is -4.43. The number of nitrogens with zero attached hydrogens (tertiary/aromatic N) is 3. The number of aromatic nitrogens is 2. The summed E-state index contributed by atoms with van der Waals surface area (Å²) in [6.45, 7) is 4.51. The fourth-order valence-corrected chi connectivity index (χ4v) is 4.66. The maximum absolute atomic E-state index is 13.4. The standard InChI is InChI=1S/C25H31F3N4O3/c1-16-21(15-17-4-3-5-18(14-17)25(26,27)28)30-24(34-2)31-22(16)23(33)32-10-6-19(7-11-32)29-20-8-12-35-13-9-20/h3-5,14,19-20,29H,6-13,15H2,1-2H3. The Balaban J connectivity index is 1.47. The SMILES string of the molecule is COc1nc(Cc2cccc(C(F)(F)F)c2)c(C)c(C(=O)N2CCC(NC3CCOCC3)CC2)n1. The van der Waals surface area contributed by atoms with Crippen molar-refractivity contribution in [1.29, 1.82) is 0 Å². The lowest BCUT2D eigenvalue weighted by Crippen LogP contribution is -2.49. The van der Waals surface area contributed by atoms with Gasteiger partial charge in [-0.25, -0.2) is 0 Å². The molecule has 35 heavy (non-hydrogen) atoms. The number of hydrogen-bond donors (Lipinski definition) is 1. The van der Waals surface area contributed by atoms with Crippen molar-refractivity contribution in [2.75, 3.05) is 33.4 Å². The summed E-state index contributed by atoms with van der Waals surface area (Å²) < 4.78 is 50.0. The molecule has 1 aromatic carbocycles. The Labute approximate surface area is 203 Å². The van der Waals surface area contributed by atoms with Crippen LogP contribution >= 0.6 is 0 Å². The Kier molecular flexibility index (Phi) is 7.91. The van der Waals surface area contributed by atoms with Crippen LogP contribution in [0.1, 0.15) is 58.6 Å². The van der Waals surface area contributed by atoms with Gasteiger partial charge in [-0.2, -0.15) is 23.1 Å². The zero-order valence-electron chi connectivity index (χ0n) is 20.0. The number of carbonyl (C=O) groups excluding carboxylic acids is 1. The highest BCUT2D eigenvalue weighted by atomic mass is 19.4. The summed E-state index contributed by atoms with van der Waals surface area (Å²) in [6.07, 6.45) is -0.586. The second-order valence-corrected chi connectivity index (χ2v) is 9.13. The van der Waals surface area contributed by atoms with Crippen molar-refractivity contribution in [3.63, 3.8) is 0 Å². The molecular weight excluding hydrogens is 461 g/mol. The van der Waals surface area contributed by atoms with E-state index in [1.807, 2.05) is 0 Å². The fourth-order valence-electron chi connectivity index (χ4n) is 4.66. The van der Waals surface area contributed by atoms with Crippen LogP contribution in [0.2, 0.25) is 0 Å². The minimum absolute atomic E-state index is 0.0250. The van der Waals surface area contributed by atoms with Gasteiger partial charge in [0.05, 0.1) is 18.4 Å². The molecular formula is C25H31F3N4O3. The third-order valence-electron chi connectivity index (χ3n) is 6.71. The number of nitrogens with one attached hydrogen (secondary N) is 1.